The molecule has 0 aromatic heterocycles. The zero-order chi connectivity index (χ0) is 13.6. The molecule has 4 heteroatoms. The Bertz CT molecular complexity index is 361. The van der Waals surface area contributed by atoms with Crippen molar-refractivity contribution in [2.24, 2.45) is 20.8 Å². The summed E-state index contributed by atoms with van der Waals surface area (Å²) in [7, 11) is 0. The van der Waals surface area contributed by atoms with E-state index in [4.69, 9.17) is 0 Å². The Balaban J connectivity index is 2.81. The van der Waals surface area contributed by atoms with E-state index in [1.54, 1.807) is 0 Å². The van der Waals surface area contributed by atoms with Crippen LogP contribution in [0.2, 0.25) is 0 Å². The largest absolute Gasteiger partial charge is 0.301 e. The number of carbonyl (C=O) groups is 2. The molecule has 1 saturated carbocycles. The van der Waals surface area contributed by atoms with Crippen LogP contribution in [0, 0.1) is 10.8 Å². The van der Waals surface area contributed by atoms with Crippen LogP contribution in [0.5, 0.6) is 0 Å². The SMILES string of the molecule is CC1(C)CC(N=CC=O)CC(C)(C=NCC=O)C1. The van der Waals surface area contributed by atoms with Gasteiger partial charge in [-0.15, -0.1) is 0 Å². The zero-order valence-electron chi connectivity index (χ0n) is 11.4. The van der Waals surface area contributed by atoms with E-state index in [1.165, 1.54) is 6.21 Å². The predicted molar refractivity (Wildman–Crippen MR) is 73.5 cm³/mol. The fourth-order valence-corrected chi connectivity index (χ4v) is 3.16. The van der Waals surface area contributed by atoms with Gasteiger partial charge in [-0.3, -0.25) is 14.8 Å². The number of rotatable bonds is 5. The Kier molecular flexibility index (Phi) is 4.93. The maximum Gasteiger partial charge on any atom is 0.160 e. The fourth-order valence-electron chi connectivity index (χ4n) is 3.16. The maximum atomic E-state index is 10.4. The lowest BCUT2D eigenvalue weighted by atomic mass is 9.63. The van der Waals surface area contributed by atoms with E-state index in [9.17, 15) is 9.59 Å². The number of aldehydes is 2. The standard InChI is InChI=1S/C14H22N2O2/c1-13(2)8-12(16-5-7-18)9-14(3,10-13)11-15-4-6-17/h5-7,11-12H,4,8-10H2,1-3H3. The first-order valence-corrected chi connectivity index (χ1v) is 6.32. The van der Waals surface area contributed by atoms with Crippen LogP contribution in [-0.4, -0.2) is 37.6 Å². The Morgan fingerprint density at radius 3 is 2.56 bits per heavy atom. The summed E-state index contributed by atoms with van der Waals surface area (Å²) >= 11 is 0. The summed E-state index contributed by atoms with van der Waals surface area (Å²) < 4.78 is 0. The van der Waals surface area contributed by atoms with Gasteiger partial charge in [0, 0.05) is 11.6 Å². The maximum absolute atomic E-state index is 10.4. The Labute approximate surface area is 109 Å². The first kappa shape index (κ1) is 14.7. The van der Waals surface area contributed by atoms with E-state index in [0.29, 0.717) is 0 Å². The topological polar surface area (TPSA) is 58.9 Å². The van der Waals surface area contributed by atoms with E-state index in [-0.39, 0.29) is 23.4 Å². The van der Waals surface area contributed by atoms with Crippen molar-refractivity contribution in [1.29, 1.82) is 0 Å². The lowest BCUT2D eigenvalue weighted by Gasteiger charge is -2.43. The van der Waals surface area contributed by atoms with E-state index < -0.39 is 0 Å². The molecule has 4 nitrogen and oxygen atoms in total. The van der Waals surface area contributed by atoms with Gasteiger partial charge in [-0.1, -0.05) is 20.8 Å². The van der Waals surface area contributed by atoms with Crippen LogP contribution >= 0.6 is 0 Å². The third-order valence-corrected chi connectivity index (χ3v) is 3.31. The van der Waals surface area contributed by atoms with Gasteiger partial charge in [0.2, 0.25) is 0 Å². The highest BCUT2D eigenvalue weighted by atomic mass is 16.1. The van der Waals surface area contributed by atoms with Crippen LogP contribution < -0.4 is 0 Å². The molecule has 0 N–H and O–H groups in total. The summed E-state index contributed by atoms with van der Waals surface area (Å²) in [5.74, 6) is 0. The number of carbonyl (C=O) groups excluding carboxylic acids is 2. The number of aliphatic imine (C=N–C) groups is 2. The van der Waals surface area contributed by atoms with E-state index >= 15 is 0 Å². The van der Waals surface area contributed by atoms with E-state index in [1.807, 2.05) is 6.21 Å². The lowest BCUT2D eigenvalue weighted by molar-refractivity contribution is -0.106. The van der Waals surface area contributed by atoms with Gasteiger partial charge in [-0.05, 0) is 24.7 Å². The average molecular weight is 250 g/mol. The molecule has 1 aliphatic carbocycles. The molecule has 2 atom stereocenters. The smallest absolute Gasteiger partial charge is 0.160 e. The van der Waals surface area contributed by atoms with Crippen LogP contribution in [0.1, 0.15) is 40.0 Å². The van der Waals surface area contributed by atoms with Crippen molar-refractivity contribution in [3.05, 3.63) is 0 Å². The molecule has 1 rings (SSSR count). The molecule has 0 bridgehead atoms. The monoisotopic (exact) mass is 250 g/mol. The Morgan fingerprint density at radius 2 is 1.94 bits per heavy atom. The molecule has 0 aromatic carbocycles. The molecule has 0 spiro atoms. The lowest BCUT2D eigenvalue weighted by Crippen LogP contribution is -2.38. The summed E-state index contributed by atoms with van der Waals surface area (Å²) in [5.41, 5.74) is 0.126. The summed E-state index contributed by atoms with van der Waals surface area (Å²) in [6.07, 6.45) is 7.64. The second kappa shape index (κ2) is 6.03. The highest BCUT2D eigenvalue weighted by molar-refractivity contribution is 6.12. The van der Waals surface area contributed by atoms with Gasteiger partial charge in [-0.25, -0.2) is 0 Å². The summed E-state index contributed by atoms with van der Waals surface area (Å²) in [6, 6.07) is 0.159. The summed E-state index contributed by atoms with van der Waals surface area (Å²) in [4.78, 5) is 29.1. The van der Waals surface area contributed by atoms with Crippen LogP contribution in [0.15, 0.2) is 9.98 Å². The number of hydrogen-bond acceptors (Lipinski definition) is 4. The van der Waals surface area contributed by atoms with Gasteiger partial charge in [-0.2, -0.15) is 0 Å². The third kappa shape index (κ3) is 4.51. The molecule has 0 aromatic rings. The Hall–Kier alpha value is -1.32. The minimum absolute atomic E-state index is 0.0460. The minimum Gasteiger partial charge on any atom is -0.301 e. The average Bonchev–Trinajstić information content (AvgIpc) is 2.24. The molecule has 0 aliphatic heterocycles. The molecule has 0 amide bonds. The predicted octanol–water partition coefficient (Wildman–Crippen LogP) is 2.11. The molecule has 0 heterocycles. The molecule has 18 heavy (non-hydrogen) atoms. The van der Waals surface area contributed by atoms with Gasteiger partial charge < -0.3 is 4.79 Å². The quantitative estimate of drug-likeness (QED) is 0.554. The van der Waals surface area contributed by atoms with E-state index in [2.05, 4.69) is 30.8 Å². The van der Waals surface area contributed by atoms with Gasteiger partial charge in [0.1, 0.15) is 6.29 Å². The molecule has 0 saturated heterocycles. The van der Waals surface area contributed by atoms with Gasteiger partial charge in [0.05, 0.1) is 18.8 Å². The summed E-state index contributed by atoms with van der Waals surface area (Å²) in [6.45, 7) is 6.78. The van der Waals surface area contributed by atoms with Crippen molar-refractivity contribution in [2.45, 2.75) is 46.1 Å². The van der Waals surface area contributed by atoms with Crippen molar-refractivity contribution in [3.63, 3.8) is 0 Å². The van der Waals surface area contributed by atoms with E-state index in [0.717, 1.165) is 31.8 Å². The first-order chi connectivity index (χ1) is 8.41. The highest BCUT2D eigenvalue weighted by Crippen LogP contribution is 2.46. The van der Waals surface area contributed by atoms with Crippen LogP contribution in [0.25, 0.3) is 0 Å². The van der Waals surface area contributed by atoms with Crippen molar-refractivity contribution in [1.82, 2.24) is 0 Å². The van der Waals surface area contributed by atoms with Crippen molar-refractivity contribution in [3.8, 4) is 0 Å². The Morgan fingerprint density at radius 1 is 1.22 bits per heavy atom. The molecular weight excluding hydrogens is 228 g/mol. The highest BCUT2D eigenvalue weighted by Gasteiger charge is 2.40. The second-order valence-electron chi connectivity index (χ2n) is 6.15. The van der Waals surface area contributed by atoms with Gasteiger partial charge >= 0.3 is 0 Å². The summed E-state index contributed by atoms with van der Waals surface area (Å²) in [5, 5.41) is 0. The van der Waals surface area contributed by atoms with Gasteiger partial charge in [0.25, 0.3) is 0 Å². The third-order valence-electron chi connectivity index (χ3n) is 3.31. The molecule has 2 unspecified atom stereocenters. The minimum atomic E-state index is -0.0460. The molecule has 1 aliphatic rings. The number of hydrogen-bond donors (Lipinski definition) is 0. The molecule has 1 fully saturated rings. The van der Waals surface area contributed by atoms with Crippen molar-refractivity contribution in [2.75, 3.05) is 6.54 Å². The second-order valence-corrected chi connectivity index (χ2v) is 6.15. The van der Waals surface area contributed by atoms with Crippen LogP contribution in [0.3, 0.4) is 0 Å². The van der Waals surface area contributed by atoms with Crippen LogP contribution in [-0.2, 0) is 9.59 Å². The van der Waals surface area contributed by atoms with Gasteiger partial charge in [0.15, 0.2) is 6.29 Å². The number of nitrogens with zero attached hydrogens (tertiary/aromatic N) is 2. The normalized spacial score (nSPS) is 31.8. The molecule has 100 valence electrons. The zero-order valence-corrected chi connectivity index (χ0v) is 11.4. The van der Waals surface area contributed by atoms with Crippen LogP contribution in [0.4, 0.5) is 0 Å². The first-order valence-electron chi connectivity index (χ1n) is 6.32. The fraction of sp³-hybridized carbons (Fsp3) is 0.714. The van der Waals surface area contributed by atoms with Crippen molar-refractivity contribution >= 4 is 25.0 Å². The molecular formula is C14H22N2O2. The van der Waals surface area contributed by atoms with Crippen molar-refractivity contribution < 1.29 is 9.59 Å². The molecule has 0 radical (unpaired) electrons.